The molecule has 8 nitrogen and oxygen atoms in total. The smallest absolute Gasteiger partial charge is 0.251 e. The lowest BCUT2D eigenvalue weighted by Gasteiger charge is -2.19. The van der Waals surface area contributed by atoms with E-state index in [4.69, 9.17) is 14.6 Å². The minimum atomic E-state index is -3.53. The number of rotatable bonds is 11. The highest BCUT2D eigenvalue weighted by atomic mass is 32.2. The first-order chi connectivity index (χ1) is 14.8. The third kappa shape index (κ3) is 5.96. The van der Waals surface area contributed by atoms with Crippen molar-refractivity contribution in [3.8, 4) is 11.5 Å². The molecule has 0 saturated heterocycles. The topological polar surface area (TPSA) is 105 Å². The molecule has 2 aromatic rings. The molecule has 1 unspecified atom stereocenters. The summed E-state index contributed by atoms with van der Waals surface area (Å²) in [4.78, 5) is 12.9. The van der Waals surface area contributed by atoms with E-state index in [0.29, 0.717) is 30.2 Å². The Kier molecular flexibility index (Phi) is 8.85. The lowest BCUT2D eigenvalue weighted by atomic mass is 10.1. The van der Waals surface area contributed by atoms with Gasteiger partial charge in [-0.05, 0) is 42.8 Å². The molecule has 2 N–H and O–H groups in total. The van der Waals surface area contributed by atoms with E-state index < -0.39 is 10.0 Å². The number of sulfonamides is 1. The van der Waals surface area contributed by atoms with Gasteiger partial charge in [-0.2, -0.15) is 4.31 Å². The van der Waals surface area contributed by atoms with E-state index in [1.165, 1.54) is 11.4 Å². The van der Waals surface area contributed by atoms with Gasteiger partial charge in [0.1, 0.15) is 6.61 Å². The maximum atomic E-state index is 12.7. The largest absolute Gasteiger partial charge is 0.493 e. The molecule has 1 amide bonds. The van der Waals surface area contributed by atoms with Crippen molar-refractivity contribution in [2.24, 2.45) is 0 Å². The summed E-state index contributed by atoms with van der Waals surface area (Å²) in [6.45, 7) is 6.15. The van der Waals surface area contributed by atoms with Crippen LogP contribution in [0, 0.1) is 0 Å². The Morgan fingerprint density at radius 1 is 1.10 bits per heavy atom. The highest BCUT2D eigenvalue weighted by Gasteiger charge is 2.22. The Morgan fingerprint density at radius 2 is 1.74 bits per heavy atom. The number of methoxy groups -OCH3 is 1. The molecule has 1 atom stereocenters. The molecule has 170 valence electrons. The number of aliphatic hydroxyl groups is 1. The van der Waals surface area contributed by atoms with Crippen LogP contribution in [-0.4, -0.2) is 57.1 Å². The van der Waals surface area contributed by atoms with Crippen molar-refractivity contribution < 1.29 is 27.8 Å². The molecule has 0 fully saturated rings. The van der Waals surface area contributed by atoms with Crippen molar-refractivity contribution in [1.29, 1.82) is 0 Å². The van der Waals surface area contributed by atoms with Gasteiger partial charge in [0.05, 0.1) is 24.7 Å². The van der Waals surface area contributed by atoms with Crippen LogP contribution in [0.15, 0.2) is 47.4 Å². The van der Waals surface area contributed by atoms with Gasteiger partial charge in [0.15, 0.2) is 11.5 Å². The fraction of sp³-hybridized carbons (Fsp3) is 0.409. The third-order valence-electron chi connectivity index (χ3n) is 4.85. The van der Waals surface area contributed by atoms with Crippen LogP contribution in [0.25, 0.3) is 0 Å². The zero-order valence-electron chi connectivity index (χ0n) is 18.3. The lowest BCUT2D eigenvalue weighted by molar-refractivity contribution is 0.0939. The molecule has 0 saturated carbocycles. The van der Waals surface area contributed by atoms with Crippen molar-refractivity contribution in [2.75, 3.05) is 33.4 Å². The summed E-state index contributed by atoms with van der Waals surface area (Å²) in [7, 11) is -2.03. The molecule has 0 bridgehead atoms. The van der Waals surface area contributed by atoms with Crippen LogP contribution in [0.3, 0.4) is 0 Å². The van der Waals surface area contributed by atoms with Crippen LogP contribution >= 0.6 is 0 Å². The molecule has 0 aliphatic heterocycles. The summed E-state index contributed by atoms with van der Waals surface area (Å²) in [5.74, 6) is 0.509. The zero-order valence-corrected chi connectivity index (χ0v) is 19.1. The average molecular weight is 451 g/mol. The van der Waals surface area contributed by atoms with E-state index in [1.54, 1.807) is 56.3 Å². The Labute approximate surface area is 183 Å². The molecule has 2 rings (SSSR count). The van der Waals surface area contributed by atoms with Gasteiger partial charge in [0.25, 0.3) is 5.91 Å². The van der Waals surface area contributed by atoms with E-state index in [2.05, 4.69) is 5.32 Å². The highest BCUT2D eigenvalue weighted by Crippen LogP contribution is 2.28. The number of carbonyl (C=O) groups is 1. The Morgan fingerprint density at radius 3 is 2.29 bits per heavy atom. The van der Waals surface area contributed by atoms with Crippen molar-refractivity contribution in [1.82, 2.24) is 9.62 Å². The zero-order chi connectivity index (χ0) is 23.0. The summed E-state index contributed by atoms with van der Waals surface area (Å²) >= 11 is 0. The molecule has 0 heterocycles. The van der Waals surface area contributed by atoms with Crippen LogP contribution in [0.1, 0.15) is 42.7 Å². The summed E-state index contributed by atoms with van der Waals surface area (Å²) in [5.41, 5.74) is 1.15. The monoisotopic (exact) mass is 450 g/mol. The molecule has 9 heteroatoms. The van der Waals surface area contributed by atoms with Gasteiger partial charge in [-0.3, -0.25) is 4.79 Å². The summed E-state index contributed by atoms with van der Waals surface area (Å²) in [6.07, 6.45) is 0. The van der Waals surface area contributed by atoms with Crippen LogP contribution in [0.5, 0.6) is 11.5 Å². The van der Waals surface area contributed by atoms with Crippen molar-refractivity contribution in [2.45, 2.75) is 31.7 Å². The first-order valence-corrected chi connectivity index (χ1v) is 11.5. The molecular weight excluding hydrogens is 420 g/mol. The molecular formula is C22H30N2O6S. The number of nitrogens with zero attached hydrogens (tertiary/aromatic N) is 1. The fourth-order valence-electron chi connectivity index (χ4n) is 3.09. The minimum absolute atomic E-state index is 0.0839. The van der Waals surface area contributed by atoms with Gasteiger partial charge < -0.3 is 19.9 Å². The second-order valence-electron chi connectivity index (χ2n) is 6.79. The van der Waals surface area contributed by atoms with Gasteiger partial charge in [-0.25, -0.2) is 8.42 Å². The van der Waals surface area contributed by atoms with Crippen molar-refractivity contribution >= 4 is 15.9 Å². The van der Waals surface area contributed by atoms with Crippen molar-refractivity contribution in [3.63, 3.8) is 0 Å². The minimum Gasteiger partial charge on any atom is -0.493 e. The number of carbonyl (C=O) groups excluding carboxylic acids is 1. The molecule has 0 radical (unpaired) electrons. The van der Waals surface area contributed by atoms with Gasteiger partial charge in [-0.1, -0.05) is 26.0 Å². The molecule has 0 aromatic heterocycles. The molecule has 0 aliphatic rings. The van der Waals surface area contributed by atoms with Crippen LogP contribution in [0.4, 0.5) is 0 Å². The maximum Gasteiger partial charge on any atom is 0.251 e. The molecule has 31 heavy (non-hydrogen) atoms. The van der Waals surface area contributed by atoms with Crippen LogP contribution in [-0.2, 0) is 10.0 Å². The maximum absolute atomic E-state index is 12.7. The summed E-state index contributed by atoms with van der Waals surface area (Å²) in [6, 6.07) is 11.0. The standard InChI is InChI=1S/C22H30N2O6S/c1-5-24(6-2)31(27,28)19-10-7-17(8-11-19)16(3)23-22(26)18-9-12-20(29-4)21(15-18)30-14-13-25/h7-12,15-16,25H,5-6,13-14H2,1-4H3,(H,23,26). The summed E-state index contributed by atoms with van der Waals surface area (Å²) < 4.78 is 37.3. The molecule has 0 aliphatic carbocycles. The number of amides is 1. The first kappa shape index (κ1) is 24.6. The predicted octanol–water partition coefficient (Wildman–Crippen LogP) is 2.59. The Hall–Kier alpha value is -2.62. The lowest BCUT2D eigenvalue weighted by Crippen LogP contribution is -2.30. The number of ether oxygens (including phenoxy) is 2. The second-order valence-corrected chi connectivity index (χ2v) is 8.73. The van der Waals surface area contributed by atoms with Crippen LogP contribution < -0.4 is 14.8 Å². The van der Waals surface area contributed by atoms with E-state index in [-0.39, 0.29) is 30.1 Å². The average Bonchev–Trinajstić information content (AvgIpc) is 2.78. The fourth-order valence-corrected chi connectivity index (χ4v) is 4.55. The number of nitrogens with one attached hydrogen (secondary N) is 1. The molecule has 0 spiro atoms. The van der Waals surface area contributed by atoms with E-state index in [0.717, 1.165) is 5.56 Å². The SMILES string of the molecule is CCN(CC)S(=O)(=O)c1ccc(C(C)NC(=O)c2ccc(OC)c(OCCO)c2)cc1. The van der Waals surface area contributed by atoms with Gasteiger partial charge in [-0.15, -0.1) is 0 Å². The number of hydrogen-bond acceptors (Lipinski definition) is 6. The van der Waals surface area contributed by atoms with E-state index in [1.807, 2.05) is 6.92 Å². The number of aliphatic hydroxyl groups excluding tert-OH is 1. The third-order valence-corrected chi connectivity index (χ3v) is 6.91. The number of benzene rings is 2. The quantitative estimate of drug-likeness (QED) is 0.545. The number of hydrogen-bond donors (Lipinski definition) is 2. The first-order valence-electron chi connectivity index (χ1n) is 10.1. The highest BCUT2D eigenvalue weighted by molar-refractivity contribution is 7.89. The Balaban J connectivity index is 2.14. The Bertz CT molecular complexity index is 972. The summed E-state index contributed by atoms with van der Waals surface area (Å²) in [5, 5.41) is 11.8. The normalized spacial score (nSPS) is 12.5. The second kappa shape index (κ2) is 11.1. The van der Waals surface area contributed by atoms with Gasteiger partial charge >= 0.3 is 0 Å². The van der Waals surface area contributed by atoms with Crippen LogP contribution in [0.2, 0.25) is 0 Å². The molecule has 2 aromatic carbocycles. The van der Waals surface area contributed by atoms with E-state index >= 15 is 0 Å². The van der Waals surface area contributed by atoms with Gasteiger partial charge in [0.2, 0.25) is 10.0 Å². The predicted molar refractivity (Wildman–Crippen MR) is 118 cm³/mol. The van der Waals surface area contributed by atoms with E-state index in [9.17, 15) is 13.2 Å². The van der Waals surface area contributed by atoms with Gasteiger partial charge in [0, 0.05) is 18.7 Å². The van der Waals surface area contributed by atoms with Crippen molar-refractivity contribution in [3.05, 3.63) is 53.6 Å².